The Morgan fingerprint density at radius 2 is 2.05 bits per heavy atom. The van der Waals surface area contributed by atoms with E-state index in [0.717, 1.165) is 24.3 Å². The van der Waals surface area contributed by atoms with E-state index in [2.05, 4.69) is 12.2 Å². The standard InChI is InChI=1S/C15H16Cl2FNO/c1-2-7-19-13(14-5-6-15(17)20-14)9-10-3-4-11(16)12(18)8-10/h3-6,8,13,19H,2,7,9H2,1H3. The first-order chi connectivity index (χ1) is 9.60. The van der Waals surface area contributed by atoms with Crippen LogP contribution >= 0.6 is 23.2 Å². The minimum absolute atomic E-state index is 0.0389. The lowest BCUT2D eigenvalue weighted by molar-refractivity contribution is 0.411. The van der Waals surface area contributed by atoms with E-state index < -0.39 is 5.82 Å². The van der Waals surface area contributed by atoms with Gasteiger partial charge in [0.25, 0.3) is 0 Å². The third kappa shape index (κ3) is 3.98. The van der Waals surface area contributed by atoms with Gasteiger partial charge in [-0.2, -0.15) is 0 Å². The van der Waals surface area contributed by atoms with Gasteiger partial charge in [0, 0.05) is 0 Å². The third-order valence-corrected chi connectivity index (χ3v) is 3.51. The fourth-order valence-electron chi connectivity index (χ4n) is 2.01. The van der Waals surface area contributed by atoms with Crippen LogP contribution in [0.15, 0.2) is 34.7 Å². The first kappa shape index (κ1) is 15.4. The van der Waals surface area contributed by atoms with Crippen molar-refractivity contribution in [3.05, 3.63) is 57.7 Å². The Kier molecular flexibility index (Phi) is 5.46. The summed E-state index contributed by atoms with van der Waals surface area (Å²) in [5.41, 5.74) is 0.855. The van der Waals surface area contributed by atoms with E-state index in [4.69, 9.17) is 27.6 Å². The summed E-state index contributed by atoms with van der Waals surface area (Å²) in [5, 5.41) is 3.86. The van der Waals surface area contributed by atoms with E-state index in [1.807, 2.05) is 12.1 Å². The van der Waals surface area contributed by atoms with Crippen molar-refractivity contribution in [3.63, 3.8) is 0 Å². The molecule has 0 aliphatic heterocycles. The first-order valence-electron chi connectivity index (χ1n) is 6.52. The smallest absolute Gasteiger partial charge is 0.193 e. The molecule has 0 aliphatic carbocycles. The maximum atomic E-state index is 13.5. The predicted molar refractivity (Wildman–Crippen MR) is 79.9 cm³/mol. The Balaban J connectivity index is 2.16. The molecule has 1 atom stereocenters. The van der Waals surface area contributed by atoms with Crippen molar-refractivity contribution in [2.24, 2.45) is 0 Å². The number of halogens is 3. The molecular weight excluding hydrogens is 300 g/mol. The first-order valence-corrected chi connectivity index (χ1v) is 7.28. The summed E-state index contributed by atoms with van der Waals surface area (Å²) in [7, 11) is 0. The van der Waals surface area contributed by atoms with E-state index >= 15 is 0 Å². The van der Waals surface area contributed by atoms with Gasteiger partial charge in [-0.25, -0.2) is 4.39 Å². The summed E-state index contributed by atoms with van der Waals surface area (Å²) in [5.74, 6) is 0.342. The lowest BCUT2D eigenvalue weighted by Gasteiger charge is -2.16. The maximum Gasteiger partial charge on any atom is 0.193 e. The molecule has 0 aliphatic rings. The zero-order valence-electron chi connectivity index (χ0n) is 11.1. The monoisotopic (exact) mass is 315 g/mol. The highest BCUT2D eigenvalue weighted by atomic mass is 35.5. The maximum absolute atomic E-state index is 13.5. The molecule has 0 spiro atoms. The Morgan fingerprint density at radius 3 is 2.65 bits per heavy atom. The van der Waals surface area contributed by atoms with Gasteiger partial charge in [0.15, 0.2) is 5.22 Å². The molecular formula is C15H16Cl2FNO. The van der Waals surface area contributed by atoms with Gasteiger partial charge < -0.3 is 9.73 Å². The van der Waals surface area contributed by atoms with Gasteiger partial charge >= 0.3 is 0 Å². The van der Waals surface area contributed by atoms with Gasteiger partial charge in [0.1, 0.15) is 11.6 Å². The van der Waals surface area contributed by atoms with Gasteiger partial charge in [0.05, 0.1) is 11.1 Å². The van der Waals surface area contributed by atoms with Gasteiger partial charge in [0.2, 0.25) is 0 Å². The lowest BCUT2D eigenvalue weighted by atomic mass is 10.0. The molecule has 1 N–H and O–H groups in total. The van der Waals surface area contributed by atoms with E-state index in [1.54, 1.807) is 12.1 Å². The highest BCUT2D eigenvalue weighted by Gasteiger charge is 2.16. The zero-order chi connectivity index (χ0) is 14.5. The van der Waals surface area contributed by atoms with Crippen LogP contribution in [0.3, 0.4) is 0 Å². The summed E-state index contributed by atoms with van der Waals surface area (Å²) in [4.78, 5) is 0. The van der Waals surface area contributed by atoms with Crippen molar-refractivity contribution >= 4 is 23.2 Å². The molecule has 1 aromatic heterocycles. The second-order valence-corrected chi connectivity index (χ2v) is 5.38. The minimum Gasteiger partial charge on any atom is -0.448 e. The van der Waals surface area contributed by atoms with Crippen LogP contribution in [0.2, 0.25) is 10.2 Å². The van der Waals surface area contributed by atoms with E-state index in [1.165, 1.54) is 6.07 Å². The molecule has 0 radical (unpaired) electrons. The quantitative estimate of drug-likeness (QED) is 0.810. The van der Waals surface area contributed by atoms with Crippen LogP contribution in [0.1, 0.15) is 30.7 Å². The highest BCUT2D eigenvalue weighted by molar-refractivity contribution is 6.30. The van der Waals surface area contributed by atoms with Crippen molar-refractivity contribution in [3.8, 4) is 0 Å². The predicted octanol–water partition coefficient (Wildman–Crippen LogP) is 5.01. The number of furan rings is 1. The number of hydrogen-bond donors (Lipinski definition) is 1. The molecule has 2 nitrogen and oxygen atoms in total. The summed E-state index contributed by atoms with van der Waals surface area (Å²) >= 11 is 11.5. The molecule has 0 bridgehead atoms. The van der Waals surface area contributed by atoms with Crippen molar-refractivity contribution in [2.45, 2.75) is 25.8 Å². The summed E-state index contributed by atoms with van der Waals surface area (Å²) in [6.45, 7) is 2.93. The SMILES string of the molecule is CCCNC(Cc1ccc(Cl)c(F)c1)c1ccc(Cl)o1. The Bertz CT molecular complexity index is 571. The van der Waals surface area contributed by atoms with Crippen LogP contribution in [0.25, 0.3) is 0 Å². The second kappa shape index (κ2) is 7.11. The van der Waals surface area contributed by atoms with Crippen LogP contribution < -0.4 is 5.32 Å². The number of nitrogens with one attached hydrogen (secondary N) is 1. The Hall–Kier alpha value is -1.03. The normalized spacial score (nSPS) is 12.6. The average molecular weight is 316 g/mol. The molecule has 0 amide bonds. The second-order valence-electron chi connectivity index (χ2n) is 4.60. The topological polar surface area (TPSA) is 25.2 Å². The lowest BCUT2D eigenvalue weighted by Crippen LogP contribution is -2.23. The van der Waals surface area contributed by atoms with Crippen LogP contribution in [0.4, 0.5) is 4.39 Å². The molecule has 1 unspecified atom stereocenters. The molecule has 108 valence electrons. The van der Waals surface area contributed by atoms with Crippen LogP contribution in [-0.4, -0.2) is 6.54 Å². The van der Waals surface area contributed by atoms with E-state index in [9.17, 15) is 4.39 Å². The Labute approximate surface area is 127 Å². The largest absolute Gasteiger partial charge is 0.448 e. The molecule has 0 saturated carbocycles. The molecule has 0 saturated heterocycles. The zero-order valence-corrected chi connectivity index (χ0v) is 12.6. The van der Waals surface area contributed by atoms with Gasteiger partial charge in [-0.1, -0.05) is 24.6 Å². The van der Waals surface area contributed by atoms with Gasteiger partial charge in [-0.3, -0.25) is 0 Å². The molecule has 1 aromatic carbocycles. The summed E-state index contributed by atoms with van der Waals surface area (Å²) < 4.78 is 18.9. The van der Waals surface area contributed by atoms with Crippen molar-refractivity contribution in [1.82, 2.24) is 5.32 Å². The third-order valence-electron chi connectivity index (χ3n) is 3.00. The number of hydrogen-bond acceptors (Lipinski definition) is 2. The van der Waals surface area contributed by atoms with Crippen molar-refractivity contribution in [2.75, 3.05) is 6.54 Å². The highest BCUT2D eigenvalue weighted by Crippen LogP contribution is 2.25. The average Bonchev–Trinajstić information content (AvgIpc) is 2.85. The molecule has 1 heterocycles. The number of benzene rings is 1. The molecule has 5 heteroatoms. The van der Waals surface area contributed by atoms with Crippen LogP contribution in [0.5, 0.6) is 0 Å². The van der Waals surface area contributed by atoms with E-state index in [-0.39, 0.29) is 11.1 Å². The fraction of sp³-hybridized carbons (Fsp3) is 0.333. The van der Waals surface area contributed by atoms with Crippen LogP contribution in [0, 0.1) is 5.82 Å². The molecule has 20 heavy (non-hydrogen) atoms. The van der Waals surface area contributed by atoms with Crippen molar-refractivity contribution < 1.29 is 8.81 Å². The van der Waals surface area contributed by atoms with Gasteiger partial charge in [-0.05, 0) is 60.8 Å². The van der Waals surface area contributed by atoms with Crippen LogP contribution in [-0.2, 0) is 6.42 Å². The molecule has 0 fully saturated rings. The summed E-state index contributed by atoms with van der Waals surface area (Å²) in [6, 6.07) is 8.34. The summed E-state index contributed by atoms with van der Waals surface area (Å²) in [6.07, 6.45) is 1.61. The van der Waals surface area contributed by atoms with Crippen molar-refractivity contribution in [1.29, 1.82) is 0 Å². The minimum atomic E-state index is -0.407. The molecule has 2 rings (SSSR count). The number of rotatable bonds is 6. The van der Waals surface area contributed by atoms with E-state index in [0.29, 0.717) is 11.6 Å². The van der Waals surface area contributed by atoms with Gasteiger partial charge in [-0.15, -0.1) is 0 Å². The molecule has 2 aromatic rings. The Morgan fingerprint density at radius 1 is 1.25 bits per heavy atom. The fourth-order valence-corrected chi connectivity index (χ4v) is 2.28.